The maximum atomic E-state index is 4.77. The summed E-state index contributed by atoms with van der Waals surface area (Å²) in [7, 11) is 0. The molecule has 2 aromatic carbocycles. The van der Waals surface area contributed by atoms with Crippen molar-refractivity contribution in [3.63, 3.8) is 0 Å². The van der Waals surface area contributed by atoms with Crippen molar-refractivity contribution in [1.29, 1.82) is 0 Å². The van der Waals surface area contributed by atoms with E-state index in [9.17, 15) is 0 Å². The summed E-state index contributed by atoms with van der Waals surface area (Å²) in [5.74, 6) is 1.21. The summed E-state index contributed by atoms with van der Waals surface area (Å²) >= 11 is 0. The van der Waals surface area contributed by atoms with Gasteiger partial charge < -0.3 is 0 Å². The molecule has 0 aromatic heterocycles. The maximum Gasteiger partial charge on any atom is 0.124 e. The van der Waals surface area contributed by atoms with Gasteiger partial charge in [-0.1, -0.05) is 67.6 Å². The quantitative estimate of drug-likeness (QED) is 0.645. The molecule has 2 aromatic rings. The lowest BCUT2D eigenvalue weighted by atomic mass is 9.75. The van der Waals surface area contributed by atoms with Crippen LogP contribution in [0.2, 0.25) is 0 Å². The van der Waals surface area contributed by atoms with E-state index < -0.39 is 0 Å². The summed E-state index contributed by atoms with van der Waals surface area (Å²) in [6.45, 7) is 9.06. The Morgan fingerprint density at radius 2 is 1.58 bits per heavy atom. The molecule has 0 N–H and O–H groups in total. The highest BCUT2D eigenvalue weighted by Gasteiger charge is 2.40. The van der Waals surface area contributed by atoms with Crippen LogP contribution >= 0.6 is 0 Å². The molecule has 2 aliphatic rings. The van der Waals surface area contributed by atoms with Crippen molar-refractivity contribution in [2.45, 2.75) is 64.6 Å². The summed E-state index contributed by atoms with van der Waals surface area (Å²) < 4.78 is 0. The van der Waals surface area contributed by atoms with Crippen molar-refractivity contribution in [3.05, 3.63) is 70.8 Å². The lowest BCUT2D eigenvalue weighted by Crippen LogP contribution is -2.31. The highest BCUT2D eigenvalue weighted by Crippen LogP contribution is 2.49. The summed E-state index contributed by atoms with van der Waals surface area (Å²) in [6.07, 6.45) is 2.30. The van der Waals surface area contributed by atoms with Gasteiger partial charge in [0.15, 0.2) is 0 Å². The molecule has 3 unspecified atom stereocenters. The van der Waals surface area contributed by atoms with Crippen LogP contribution in [0.4, 0.5) is 0 Å². The molecule has 0 bridgehead atoms. The van der Waals surface area contributed by atoms with Gasteiger partial charge in [0, 0.05) is 6.04 Å². The van der Waals surface area contributed by atoms with Gasteiger partial charge in [0.25, 0.3) is 0 Å². The Bertz CT molecular complexity index is 809. The van der Waals surface area contributed by atoms with Gasteiger partial charge in [-0.2, -0.15) is 5.11 Å². The minimum absolute atomic E-state index is 0.0877. The van der Waals surface area contributed by atoms with Gasteiger partial charge in [0.05, 0.1) is 0 Å². The first-order valence-corrected chi connectivity index (χ1v) is 9.92. The van der Waals surface area contributed by atoms with Crippen LogP contribution < -0.4 is 0 Å². The molecule has 4 rings (SSSR count). The second kappa shape index (κ2) is 6.86. The molecule has 1 heterocycles. The first kappa shape index (κ1) is 17.3. The molecule has 1 aliphatic heterocycles. The van der Waals surface area contributed by atoms with Crippen molar-refractivity contribution in [2.75, 3.05) is 0 Å². The lowest BCUT2D eigenvalue weighted by Gasteiger charge is -2.35. The Morgan fingerprint density at radius 3 is 2.27 bits per heavy atom. The molecule has 0 fully saturated rings. The van der Waals surface area contributed by atoms with Gasteiger partial charge in [-0.25, -0.2) is 0 Å². The van der Waals surface area contributed by atoms with Gasteiger partial charge in [-0.15, -0.1) is 0 Å². The number of benzene rings is 2. The number of hydrogen-bond donors (Lipinski definition) is 0. The Hall–Kier alpha value is -2.16. The van der Waals surface area contributed by atoms with E-state index in [0.717, 1.165) is 6.42 Å². The average Bonchev–Trinajstić information content (AvgIpc) is 3.05. The third-order valence-corrected chi connectivity index (χ3v) is 5.74. The van der Waals surface area contributed by atoms with Crippen molar-refractivity contribution in [3.8, 4) is 0 Å². The van der Waals surface area contributed by atoms with Crippen molar-refractivity contribution < 1.29 is 0 Å². The van der Waals surface area contributed by atoms with Crippen LogP contribution in [-0.2, 0) is 6.42 Å². The van der Waals surface area contributed by atoms with E-state index in [1.807, 2.05) is 0 Å². The minimum atomic E-state index is 0.0877. The molecule has 0 saturated heterocycles. The molecule has 3 heteroatoms. The van der Waals surface area contributed by atoms with E-state index in [1.54, 1.807) is 0 Å². The zero-order valence-corrected chi connectivity index (χ0v) is 16.3. The van der Waals surface area contributed by atoms with Gasteiger partial charge in [0.1, 0.15) is 12.1 Å². The molecule has 136 valence electrons. The van der Waals surface area contributed by atoms with Crippen LogP contribution in [0.3, 0.4) is 0 Å². The van der Waals surface area contributed by atoms with Gasteiger partial charge in [-0.3, -0.25) is 5.01 Å². The molecule has 0 spiro atoms. The SMILES string of the molecule is CC(C)CC1Cc2ccccc2C2C(N=NN2C(C)C)c2ccccc21. The number of nitrogens with zero attached hydrogens (tertiary/aromatic N) is 3. The van der Waals surface area contributed by atoms with Crippen LogP contribution in [-0.4, -0.2) is 11.1 Å². The maximum absolute atomic E-state index is 4.77. The monoisotopic (exact) mass is 347 g/mol. The smallest absolute Gasteiger partial charge is 0.124 e. The highest BCUT2D eigenvalue weighted by atomic mass is 15.6. The van der Waals surface area contributed by atoms with Gasteiger partial charge in [-0.05, 0) is 60.8 Å². The topological polar surface area (TPSA) is 28.0 Å². The van der Waals surface area contributed by atoms with E-state index in [4.69, 9.17) is 5.11 Å². The molecular weight excluding hydrogens is 318 g/mol. The summed E-state index contributed by atoms with van der Waals surface area (Å²) in [5.41, 5.74) is 5.69. The zero-order valence-electron chi connectivity index (χ0n) is 16.3. The second-order valence-corrected chi connectivity index (χ2v) is 8.43. The van der Waals surface area contributed by atoms with E-state index in [0.29, 0.717) is 17.9 Å². The standard InChI is InChI=1S/C23H29N3/c1-15(2)13-18-14-17-9-5-6-11-20(17)23-22(24-25-26(23)16(3)4)21-12-8-7-10-19(18)21/h5-12,15-16,18,22-23H,13-14H2,1-4H3. The minimum Gasteiger partial charge on any atom is -0.266 e. The molecule has 0 saturated carbocycles. The zero-order chi connectivity index (χ0) is 18.3. The fourth-order valence-corrected chi connectivity index (χ4v) is 4.66. The van der Waals surface area contributed by atoms with Crippen molar-refractivity contribution in [1.82, 2.24) is 5.01 Å². The summed E-state index contributed by atoms with van der Waals surface area (Å²) in [5, 5.41) is 11.6. The van der Waals surface area contributed by atoms with E-state index in [2.05, 4.69) is 86.5 Å². The molecule has 1 aliphatic carbocycles. The number of fused-ring (bicyclic) bond motifs is 5. The summed E-state index contributed by atoms with van der Waals surface area (Å²) in [4.78, 5) is 0. The van der Waals surface area contributed by atoms with E-state index in [-0.39, 0.29) is 12.1 Å². The third kappa shape index (κ3) is 2.94. The lowest BCUT2D eigenvalue weighted by molar-refractivity contribution is 0.172. The first-order valence-electron chi connectivity index (χ1n) is 9.92. The van der Waals surface area contributed by atoms with Crippen molar-refractivity contribution in [2.24, 2.45) is 16.3 Å². The van der Waals surface area contributed by atoms with Crippen LogP contribution in [0.5, 0.6) is 0 Å². The fourth-order valence-electron chi connectivity index (χ4n) is 4.66. The second-order valence-electron chi connectivity index (χ2n) is 8.43. The Morgan fingerprint density at radius 1 is 0.923 bits per heavy atom. The molecule has 3 atom stereocenters. The predicted molar refractivity (Wildman–Crippen MR) is 106 cm³/mol. The third-order valence-electron chi connectivity index (χ3n) is 5.74. The fraction of sp³-hybridized carbons (Fsp3) is 0.478. The Labute approximate surface area is 157 Å². The molecular formula is C23H29N3. The van der Waals surface area contributed by atoms with Crippen LogP contribution in [0.25, 0.3) is 0 Å². The van der Waals surface area contributed by atoms with Crippen LogP contribution in [0, 0.1) is 5.92 Å². The highest BCUT2D eigenvalue weighted by molar-refractivity contribution is 5.43. The van der Waals surface area contributed by atoms with Crippen LogP contribution in [0.15, 0.2) is 58.9 Å². The first-order chi connectivity index (χ1) is 12.6. The van der Waals surface area contributed by atoms with E-state index >= 15 is 0 Å². The average molecular weight is 348 g/mol. The molecule has 3 nitrogen and oxygen atoms in total. The predicted octanol–water partition coefficient (Wildman–Crippen LogP) is 6.25. The van der Waals surface area contributed by atoms with Crippen molar-refractivity contribution >= 4 is 0 Å². The summed E-state index contributed by atoms with van der Waals surface area (Å²) in [6, 6.07) is 18.5. The van der Waals surface area contributed by atoms with Gasteiger partial charge in [0.2, 0.25) is 0 Å². The normalized spacial score (nSPS) is 24.2. The molecule has 0 radical (unpaired) electrons. The molecule has 26 heavy (non-hydrogen) atoms. The molecule has 0 amide bonds. The van der Waals surface area contributed by atoms with Crippen LogP contribution in [0.1, 0.15) is 74.4 Å². The Kier molecular flexibility index (Phi) is 4.56. The number of rotatable bonds is 3. The Balaban J connectivity index is 1.89. The number of hydrogen-bond acceptors (Lipinski definition) is 3. The largest absolute Gasteiger partial charge is 0.266 e. The van der Waals surface area contributed by atoms with Gasteiger partial charge >= 0.3 is 0 Å². The van der Waals surface area contributed by atoms with E-state index in [1.165, 1.54) is 28.7 Å².